The maximum atomic E-state index is 12.8. The van der Waals surface area contributed by atoms with E-state index in [1.54, 1.807) is 0 Å². The number of hydrogen-bond donors (Lipinski definition) is 2. The van der Waals surface area contributed by atoms with Crippen molar-refractivity contribution in [3.63, 3.8) is 0 Å². The molecule has 1 unspecified atom stereocenters. The van der Waals surface area contributed by atoms with Crippen LogP contribution in [0.25, 0.3) is 0 Å². The first-order valence-corrected chi connectivity index (χ1v) is 7.27. The minimum Gasteiger partial charge on any atom is -0.382 e. The van der Waals surface area contributed by atoms with Crippen LogP contribution in [0, 0.1) is 0 Å². The molecule has 1 fully saturated rings. The molecule has 3 rings (SSSR count). The number of benzene rings is 1. The van der Waals surface area contributed by atoms with Crippen LogP contribution in [0.1, 0.15) is 23.7 Å². The smallest absolute Gasteiger partial charge is 0.256 e. The fraction of sp³-hybridized carbons (Fsp3) is 0.533. The van der Waals surface area contributed by atoms with Gasteiger partial charge >= 0.3 is 0 Å². The molecule has 2 heterocycles. The number of carbonyl (C=O) groups is 1. The van der Waals surface area contributed by atoms with E-state index in [1.165, 1.54) is 0 Å². The van der Waals surface area contributed by atoms with Gasteiger partial charge in [-0.25, -0.2) is 0 Å². The zero-order valence-corrected chi connectivity index (χ0v) is 11.8. The standard InChI is InChI=1S/C15H21N3O2/c1-11-10-18(8-3-9-20-11)15(19)12-4-2-5-13-14(12)17-7-6-16-13/h2,4-5,11,16-17H,3,6-10H2,1H3. The van der Waals surface area contributed by atoms with Crippen LogP contribution in [0.15, 0.2) is 18.2 Å². The minimum atomic E-state index is 0.0930. The lowest BCUT2D eigenvalue weighted by Gasteiger charge is -2.26. The van der Waals surface area contributed by atoms with Gasteiger partial charge in [-0.2, -0.15) is 0 Å². The molecule has 0 spiro atoms. The van der Waals surface area contributed by atoms with E-state index in [1.807, 2.05) is 30.0 Å². The molecule has 108 valence electrons. The number of nitrogens with one attached hydrogen (secondary N) is 2. The number of hydrogen-bond acceptors (Lipinski definition) is 4. The summed E-state index contributed by atoms with van der Waals surface area (Å²) in [5.74, 6) is 0.0930. The van der Waals surface area contributed by atoms with Crippen molar-refractivity contribution in [3.8, 4) is 0 Å². The quantitative estimate of drug-likeness (QED) is 0.820. The maximum absolute atomic E-state index is 12.8. The number of anilines is 2. The normalized spacial score (nSPS) is 22.2. The summed E-state index contributed by atoms with van der Waals surface area (Å²) in [7, 11) is 0. The first-order chi connectivity index (χ1) is 9.75. The number of amides is 1. The molecule has 0 aliphatic carbocycles. The molecular formula is C15H21N3O2. The Labute approximate surface area is 119 Å². The topological polar surface area (TPSA) is 53.6 Å². The Kier molecular flexibility index (Phi) is 3.78. The predicted molar refractivity (Wildman–Crippen MR) is 79.4 cm³/mol. The first-order valence-electron chi connectivity index (χ1n) is 7.27. The lowest BCUT2D eigenvalue weighted by Crippen LogP contribution is -2.36. The van der Waals surface area contributed by atoms with E-state index in [0.29, 0.717) is 6.54 Å². The molecule has 1 saturated heterocycles. The molecule has 1 aromatic rings. The van der Waals surface area contributed by atoms with Crippen molar-refractivity contribution in [2.75, 3.05) is 43.4 Å². The van der Waals surface area contributed by atoms with E-state index in [2.05, 4.69) is 10.6 Å². The van der Waals surface area contributed by atoms with E-state index in [-0.39, 0.29) is 12.0 Å². The Morgan fingerprint density at radius 3 is 3.10 bits per heavy atom. The third-order valence-corrected chi connectivity index (χ3v) is 3.78. The molecule has 2 N–H and O–H groups in total. The number of carbonyl (C=O) groups excluding carboxylic acids is 1. The van der Waals surface area contributed by atoms with E-state index < -0.39 is 0 Å². The minimum absolute atomic E-state index is 0.0930. The summed E-state index contributed by atoms with van der Waals surface area (Å²) in [6, 6.07) is 5.84. The van der Waals surface area contributed by atoms with Crippen LogP contribution in [0.3, 0.4) is 0 Å². The highest BCUT2D eigenvalue weighted by Gasteiger charge is 2.24. The van der Waals surface area contributed by atoms with Crippen LogP contribution >= 0.6 is 0 Å². The molecule has 1 aromatic carbocycles. The molecule has 5 nitrogen and oxygen atoms in total. The number of ether oxygens (including phenoxy) is 1. The second kappa shape index (κ2) is 5.71. The summed E-state index contributed by atoms with van der Waals surface area (Å²) in [6.45, 7) is 5.91. The molecule has 0 saturated carbocycles. The summed E-state index contributed by atoms with van der Waals surface area (Å²) < 4.78 is 5.61. The van der Waals surface area contributed by atoms with E-state index >= 15 is 0 Å². The number of nitrogens with zero attached hydrogens (tertiary/aromatic N) is 1. The van der Waals surface area contributed by atoms with Crippen molar-refractivity contribution in [2.45, 2.75) is 19.4 Å². The monoisotopic (exact) mass is 275 g/mol. The van der Waals surface area contributed by atoms with Crippen LogP contribution < -0.4 is 10.6 Å². The van der Waals surface area contributed by atoms with Crippen molar-refractivity contribution in [3.05, 3.63) is 23.8 Å². The second-order valence-corrected chi connectivity index (χ2v) is 5.37. The SMILES string of the molecule is CC1CN(C(=O)c2cccc3c2NCCN3)CCCO1. The van der Waals surface area contributed by atoms with Gasteiger partial charge < -0.3 is 20.3 Å². The van der Waals surface area contributed by atoms with Crippen LogP contribution in [0.5, 0.6) is 0 Å². The predicted octanol–water partition coefficient (Wildman–Crippen LogP) is 1.77. The Morgan fingerprint density at radius 1 is 1.35 bits per heavy atom. The molecule has 20 heavy (non-hydrogen) atoms. The average molecular weight is 275 g/mol. The third-order valence-electron chi connectivity index (χ3n) is 3.78. The molecule has 5 heteroatoms. The Bertz CT molecular complexity index is 504. The molecule has 1 atom stereocenters. The van der Waals surface area contributed by atoms with Crippen LogP contribution in [-0.4, -0.2) is 49.7 Å². The molecule has 0 aromatic heterocycles. The maximum Gasteiger partial charge on any atom is 0.256 e. The lowest BCUT2D eigenvalue weighted by atomic mass is 10.1. The van der Waals surface area contributed by atoms with Gasteiger partial charge in [0.2, 0.25) is 0 Å². The average Bonchev–Trinajstić information content (AvgIpc) is 2.70. The molecular weight excluding hydrogens is 254 g/mol. The van der Waals surface area contributed by atoms with Crippen molar-refractivity contribution in [2.24, 2.45) is 0 Å². The molecule has 2 aliphatic rings. The van der Waals surface area contributed by atoms with Gasteiger partial charge in [0.25, 0.3) is 5.91 Å². The highest BCUT2D eigenvalue weighted by Crippen LogP contribution is 2.29. The van der Waals surface area contributed by atoms with Crippen LogP contribution in [0.4, 0.5) is 11.4 Å². The van der Waals surface area contributed by atoms with Crippen molar-refractivity contribution in [1.82, 2.24) is 4.90 Å². The van der Waals surface area contributed by atoms with Gasteiger partial charge in [0, 0.05) is 32.8 Å². The van der Waals surface area contributed by atoms with Crippen LogP contribution in [-0.2, 0) is 4.74 Å². The number of para-hydroxylation sites is 1. The Balaban J connectivity index is 1.86. The van der Waals surface area contributed by atoms with E-state index in [4.69, 9.17) is 4.74 Å². The van der Waals surface area contributed by atoms with Gasteiger partial charge in [0.15, 0.2) is 0 Å². The number of rotatable bonds is 1. The van der Waals surface area contributed by atoms with Crippen LogP contribution in [0.2, 0.25) is 0 Å². The highest BCUT2D eigenvalue weighted by atomic mass is 16.5. The Morgan fingerprint density at radius 2 is 2.20 bits per heavy atom. The lowest BCUT2D eigenvalue weighted by molar-refractivity contribution is 0.0563. The van der Waals surface area contributed by atoms with E-state index in [9.17, 15) is 4.79 Å². The molecule has 0 bridgehead atoms. The summed E-state index contributed by atoms with van der Waals surface area (Å²) in [5, 5.41) is 6.66. The molecule has 2 aliphatic heterocycles. The summed E-state index contributed by atoms with van der Waals surface area (Å²) in [4.78, 5) is 14.7. The fourth-order valence-electron chi connectivity index (χ4n) is 2.80. The van der Waals surface area contributed by atoms with Crippen molar-refractivity contribution < 1.29 is 9.53 Å². The van der Waals surface area contributed by atoms with Gasteiger partial charge in [-0.3, -0.25) is 4.79 Å². The summed E-state index contributed by atoms with van der Waals surface area (Å²) in [5.41, 5.74) is 2.70. The zero-order chi connectivity index (χ0) is 13.9. The molecule has 1 amide bonds. The van der Waals surface area contributed by atoms with Gasteiger partial charge in [-0.15, -0.1) is 0 Å². The fourth-order valence-corrected chi connectivity index (χ4v) is 2.80. The van der Waals surface area contributed by atoms with E-state index in [0.717, 1.165) is 49.6 Å². The van der Waals surface area contributed by atoms with Gasteiger partial charge in [-0.1, -0.05) is 6.07 Å². The van der Waals surface area contributed by atoms with Crippen molar-refractivity contribution >= 4 is 17.3 Å². The first kappa shape index (κ1) is 13.2. The number of fused-ring (bicyclic) bond motifs is 1. The highest BCUT2D eigenvalue weighted by molar-refractivity contribution is 6.02. The molecule has 0 radical (unpaired) electrons. The summed E-state index contributed by atoms with van der Waals surface area (Å²) in [6.07, 6.45) is 1.00. The van der Waals surface area contributed by atoms with Gasteiger partial charge in [-0.05, 0) is 25.5 Å². The van der Waals surface area contributed by atoms with Gasteiger partial charge in [0.1, 0.15) is 0 Å². The van der Waals surface area contributed by atoms with Crippen molar-refractivity contribution in [1.29, 1.82) is 0 Å². The van der Waals surface area contributed by atoms with Gasteiger partial charge in [0.05, 0.1) is 23.0 Å². The largest absolute Gasteiger partial charge is 0.382 e. The Hall–Kier alpha value is -1.75. The third kappa shape index (κ3) is 2.58. The second-order valence-electron chi connectivity index (χ2n) is 5.37. The summed E-state index contributed by atoms with van der Waals surface area (Å²) >= 11 is 0. The zero-order valence-electron chi connectivity index (χ0n) is 11.8.